The fourth-order valence-electron chi connectivity index (χ4n) is 2.06. The predicted molar refractivity (Wildman–Crippen MR) is 70.3 cm³/mol. The van der Waals surface area contributed by atoms with Gasteiger partial charge >= 0.3 is 5.97 Å². The summed E-state index contributed by atoms with van der Waals surface area (Å²) >= 11 is 0. The molecule has 2 aromatic rings. The third kappa shape index (κ3) is 2.32. The third-order valence-electron chi connectivity index (χ3n) is 3.32. The van der Waals surface area contributed by atoms with E-state index in [2.05, 4.69) is 4.98 Å². The molecule has 1 aromatic heterocycles. The number of carbonyl (C=O) groups excluding carboxylic acids is 1. The highest BCUT2D eigenvalue weighted by Crippen LogP contribution is 2.32. The number of fused-ring (bicyclic) bond motifs is 1. The summed E-state index contributed by atoms with van der Waals surface area (Å²) in [5, 5.41) is 0.934. The van der Waals surface area contributed by atoms with Gasteiger partial charge in [-0.05, 0) is 36.6 Å². The summed E-state index contributed by atoms with van der Waals surface area (Å²) in [7, 11) is 0. The molecule has 0 saturated heterocycles. The lowest BCUT2D eigenvalue weighted by Gasteiger charge is -2.01. The van der Waals surface area contributed by atoms with E-state index in [1.807, 2.05) is 12.1 Å². The van der Waals surface area contributed by atoms with Crippen LogP contribution in [0.5, 0.6) is 0 Å². The number of nitrogens with two attached hydrogens (primary N) is 1. The molecule has 1 aromatic carbocycles. The Morgan fingerprint density at radius 2 is 2.22 bits per heavy atom. The van der Waals surface area contributed by atoms with Gasteiger partial charge in [-0.2, -0.15) is 0 Å². The molecule has 1 heterocycles. The normalized spacial score (nSPS) is 14.9. The smallest absolute Gasteiger partial charge is 0.354 e. The predicted octanol–water partition coefficient (Wildman–Crippen LogP) is 2.71. The second-order valence-electron chi connectivity index (χ2n) is 4.90. The molecule has 1 aliphatic carbocycles. The third-order valence-corrected chi connectivity index (χ3v) is 3.32. The number of carbonyl (C=O) groups is 1. The maximum absolute atomic E-state index is 11.8. The zero-order chi connectivity index (χ0) is 12.5. The molecular formula is C14H16N2O2. The van der Waals surface area contributed by atoms with Gasteiger partial charge in [-0.3, -0.25) is 0 Å². The first-order valence-electron chi connectivity index (χ1n) is 6.28. The number of nitrogens with one attached hydrogen (secondary N) is 1. The zero-order valence-electron chi connectivity index (χ0n) is 10.1. The van der Waals surface area contributed by atoms with E-state index in [0.717, 1.165) is 23.2 Å². The first-order chi connectivity index (χ1) is 8.72. The number of hydrogen-bond acceptors (Lipinski definition) is 3. The second kappa shape index (κ2) is 4.37. The highest BCUT2D eigenvalue weighted by molar-refractivity contribution is 5.95. The molecule has 18 heavy (non-hydrogen) atoms. The first kappa shape index (κ1) is 11.1. The van der Waals surface area contributed by atoms with Crippen LogP contribution in [-0.4, -0.2) is 17.6 Å². The quantitative estimate of drug-likeness (QED) is 0.641. The molecule has 1 aliphatic rings. The Morgan fingerprint density at radius 1 is 1.39 bits per heavy atom. The van der Waals surface area contributed by atoms with Gasteiger partial charge in [0.1, 0.15) is 5.69 Å². The number of anilines is 1. The summed E-state index contributed by atoms with van der Waals surface area (Å²) in [5.74, 6) is 0.491. The molecule has 0 spiro atoms. The Bertz CT molecular complexity index is 584. The minimum Gasteiger partial charge on any atom is -0.461 e. The number of nitrogen functional groups attached to an aromatic ring is 1. The van der Waals surface area contributed by atoms with E-state index in [-0.39, 0.29) is 5.97 Å². The highest BCUT2D eigenvalue weighted by Gasteiger charge is 2.21. The molecule has 0 amide bonds. The lowest BCUT2D eigenvalue weighted by molar-refractivity contribution is 0.0489. The van der Waals surface area contributed by atoms with Crippen molar-refractivity contribution >= 4 is 22.6 Å². The number of aromatic amines is 1. The molecule has 94 valence electrons. The van der Waals surface area contributed by atoms with Crippen molar-refractivity contribution in [1.29, 1.82) is 0 Å². The summed E-state index contributed by atoms with van der Waals surface area (Å²) < 4.78 is 5.24. The van der Waals surface area contributed by atoms with Crippen molar-refractivity contribution in [3.8, 4) is 0 Å². The Kier molecular flexibility index (Phi) is 2.70. The van der Waals surface area contributed by atoms with Gasteiger partial charge in [-0.1, -0.05) is 12.8 Å². The van der Waals surface area contributed by atoms with Gasteiger partial charge in [0.15, 0.2) is 0 Å². The van der Waals surface area contributed by atoms with Gasteiger partial charge in [0.25, 0.3) is 0 Å². The van der Waals surface area contributed by atoms with Crippen molar-refractivity contribution in [3.05, 3.63) is 30.0 Å². The van der Waals surface area contributed by atoms with Crippen molar-refractivity contribution in [2.45, 2.75) is 19.3 Å². The molecule has 0 unspecified atom stereocenters. The van der Waals surface area contributed by atoms with Gasteiger partial charge in [-0.15, -0.1) is 0 Å². The van der Waals surface area contributed by atoms with Crippen LogP contribution in [0.15, 0.2) is 24.3 Å². The Morgan fingerprint density at radius 3 is 3.00 bits per heavy atom. The van der Waals surface area contributed by atoms with E-state index in [1.165, 1.54) is 12.8 Å². The van der Waals surface area contributed by atoms with Crippen molar-refractivity contribution in [2.24, 2.45) is 5.92 Å². The number of rotatable bonds is 4. The maximum Gasteiger partial charge on any atom is 0.354 e. The molecule has 0 atom stereocenters. The van der Waals surface area contributed by atoms with Gasteiger partial charge in [0.05, 0.1) is 6.61 Å². The van der Waals surface area contributed by atoms with Crippen LogP contribution in [0.3, 0.4) is 0 Å². The monoisotopic (exact) mass is 244 g/mol. The topological polar surface area (TPSA) is 68.1 Å². The van der Waals surface area contributed by atoms with Crippen LogP contribution >= 0.6 is 0 Å². The van der Waals surface area contributed by atoms with Crippen molar-refractivity contribution < 1.29 is 9.53 Å². The van der Waals surface area contributed by atoms with E-state index < -0.39 is 0 Å². The fourth-order valence-corrected chi connectivity index (χ4v) is 2.06. The molecule has 0 radical (unpaired) electrons. The van der Waals surface area contributed by atoms with E-state index in [4.69, 9.17) is 10.5 Å². The molecule has 4 nitrogen and oxygen atoms in total. The number of ether oxygens (including phenoxy) is 1. The summed E-state index contributed by atoms with van der Waals surface area (Å²) in [6.45, 7) is 0.515. The molecule has 4 heteroatoms. The number of H-pyrrole nitrogens is 1. The van der Waals surface area contributed by atoms with Crippen LogP contribution in [0.2, 0.25) is 0 Å². The van der Waals surface area contributed by atoms with Crippen LogP contribution in [0, 0.1) is 5.92 Å². The van der Waals surface area contributed by atoms with Gasteiger partial charge in [0, 0.05) is 16.6 Å². The minimum atomic E-state index is -0.287. The Labute approximate surface area is 105 Å². The largest absolute Gasteiger partial charge is 0.461 e. The molecule has 0 aliphatic heterocycles. The second-order valence-corrected chi connectivity index (χ2v) is 4.90. The first-order valence-corrected chi connectivity index (χ1v) is 6.28. The average molecular weight is 244 g/mol. The highest BCUT2D eigenvalue weighted by atomic mass is 16.5. The molecule has 1 saturated carbocycles. The van der Waals surface area contributed by atoms with Crippen LogP contribution in [0.4, 0.5) is 5.69 Å². The molecular weight excluding hydrogens is 228 g/mol. The summed E-state index contributed by atoms with van der Waals surface area (Å²) in [6, 6.07) is 7.30. The van der Waals surface area contributed by atoms with Crippen molar-refractivity contribution in [2.75, 3.05) is 12.3 Å². The van der Waals surface area contributed by atoms with E-state index in [1.54, 1.807) is 12.1 Å². The van der Waals surface area contributed by atoms with Crippen LogP contribution in [-0.2, 0) is 4.74 Å². The number of esters is 1. The molecule has 3 N–H and O–H groups in total. The number of aromatic nitrogens is 1. The average Bonchev–Trinajstić information content (AvgIpc) is 3.06. The lowest BCUT2D eigenvalue weighted by Crippen LogP contribution is -2.07. The zero-order valence-corrected chi connectivity index (χ0v) is 10.1. The SMILES string of the molecule is Nc1ccc2[nH]c(C(=O)OCCC3CC3)cc2c1. The Balaban J connectivity index is 1.70. The van der Waals surface area contributed by atoms with Crippen molar-refractivity contribution in [1.82, 2.24) is 4.98 Å². The lowest BCUT2D eigenvalue weighted by atomic mass is 10.2. The summed E-state index contributed by atoms with van der Waals surface area (Å²) in [4.78, 5) is 14.9. The fraction of sp³-hybridized carbons (Fsp3) is 0.357. The van der Waals surface area contributed by atoms with Crippen LogP contribution in [0.1, 0.15) is 29.8 Å². The van der Waals surface area contributed by atoms with Crippen LogP contribution in [0.25, 0.3) is 10.9 Å². The van der Waals surface area contributed by atoms with Gasteiger partial charge in [-0.25, -0.2) is 4.79 Å². The van der Waals surface area contributed by atoms with E-state index in [9.17, 15) is 4.79 Å². The van der Waals surface area contributed by atoms with Gasteiger partial charge < -0.3 is 15.5 Å². The van der Waals surface area contributed by atoms with Crippen LogP contribution < -0.4 is 5.73 Å². The van der Waals surface area contributed by atoms with E-state index in [0.29, 0.717) is 18.0 Å². The van der Waals surface area contributed by atoms with Crippen molar-refractivity contribution in [3.63, 3.8) is 0 Å². The van der Waals surface area contributed by atoms with Gasteiger partial charge in [0.2, 0.25) is 0 Å². The molecule has 0 bridgehead atoms. The maximum atomic E-state index is 11.8. The minimum absolute atomic E-state index is 0.287. The molecule has 1 fully saturated rings. The number of hydrogen-bond donors (Lipinski definition) is 2. The summed E-state index contributed by atoms with van der Waals surface area (Å²) in [6.07, 6.45) is 3.55. The molecule has 3 rings (SSSR count). The summed E-state index contributed by atoms with van der Waals surface area (Å²) in [5.41, 5.74) is 7.78. The standard InChI is InChI=1S/C14H16N2O2/c15-11-3-4-12-10(7-11)8-13(16-12)14(17)18-6-5-9-1-2-9/h3-4,7-9,16H,1-2,5-6,15H2. The number of benzene rings is 1. The Hall–Kier alpha value is -1.97. The van der Waals surface area contributed by atoms with E-state index >= 15 is 0 Å².